The van der Waals surface area contributed by atoms with Crippen molar-refractivity contribution in [2.45, 2.75) is 0 Å². The fraction of sp³-hybridized carbons (Fsp3) is 0. The number of phenolic OH excluding ortho intramolecular Hbond substituents is 1. The quantitative estimate of drug-likeness (QED) is 0.203. The number of phenols is 1. The maximum absolute atomic E-state index is 13.4. The molecule has 0 spiro atoms. The van der Waals surface area contributed by atoms with Crippen molar-refractivity contribution in [3.63, 3.8) is 0 Å². The molecule has 0 fully saturated rings. The largest absolute Gasteiger partial charge is 0.507 e. The number of aromatic hydroxyl groups is 1. The van der Waals surface area contributed by atoms with E-state index >= 15 is 0 Å². The van der Waals surface area contributed by atoms with Crippen LogP contribution in [0.1, 0.15) is 21.5 Å². The molecule has 0 unspecified atom stereocenters. The molecule has 0 aliphatic heterocycles. The lowest BCUT2D eigenvalue weighted by molar-refractivity contribution is 0.103. The number of ketones is 1. The first kappa shape index (κ1) is 22.9. The molecular formula is C33H25NO2. The van der Waals surface area contributed by atoms with E-state index in [-0.39, 0.29) is 17.2 Å². The van der Waals surface area contributed by atoms with Gasteiger partial charge in [0.2, 0.25) is 5.78 Å². The summed E-state index contributed by atoms with van der Waals surface area (Å²) in [6.45, 7) is 0. The van der Waals surface area contributed by atoms with Crippen LogP contribution < -0.4 is 5.73 Å². The van der Waals surface area contributed by atoms with E-state index in [1.54, 1.807) is 12.1 Å². The van der Waals surface area contributed by atoms with Gasteiger partial charge in [-0.25, -0.2) is 0 Å². The average Bonchev–Trinajstić information content (AvgIpc) is 2.95. The van der Waals surface area contributed by atoms with Crippen LogP contribution in [0.2, 0.25) is 0 Å². The summed E-state index contributed by atoms with van der Waals surface area (Å²) in [5, 5.41) is 11.8. The van der Waals surface area contributed by atoms with Crippen LogP contribution in [0.4, 0.5) is 0 Å². The minimum atomic E-state index is -0.290. The van der Waals surface area contributed by atoms with E-state index in [2.05, 4.69) is 0 Å². The number of allylic oxidation sites excluding steroid dienone is 1. The van der Waals surface area contributed by atoms with Crippen molar-refractivity contribution in [2.24, 2.45) is 5.73 Å². The van der Waals surface area contributed by atoms with Crippen molar-refractivity contribution in [2.75, 3.05) is 0 Å². The van der Waals surface area contributed by atoms with E-state index in [1.165, 1.54) is 0 Å². The van der Waals surface area contributed by atoms with Gasteiger partial charge in [-0.05, 0) is 28.3 Å². The third-order valence-corrected chi connectivity index (χ3v) is 6.21. The first-order valence-electron chi connectivity index (χ1n) is 11.8. The Morgan fingerprint density at radius 1 is 0.556 bits per heavy atom. The fourth-order valence-corrected chi connectivity index (χ4v) is 4.47. The molecule has 0 bridgehead atoms. The number of carbonyl (C=O) groups is 1. The highest BCUT2D eigenvalue weighted by atomic mass is 16.3. The number of Topliss-reactive ketones (excluding diaryl/α,β-unsaturated/α-hetero) is 1. The molecule has 5 rings (SSSR count). The third-order valence-electron chi connectivity index (χ3n) is 6.21. The second kappa shape index (κ2) is 10.2. The zero-order valence-electron chi connectivity index (χ0n) is 19.6. The van der Waals surface area contributed by atoms with Crippen molar-refractivity contribution in [3.05, 3.63) is 156 Å². The highest BCUT2D eigenvalue weighted by molar-refractivity contribution is 6.15. The molecule has 174 valence electrons. The molecule has 3 heteroatoms. The minimum absolute atomic E-state index is 0.0743. The second-order valence-corrected chi connectivity index (χ2v) is 8.47. The Bertz CT molecular complexity index is 1530. The standard InChI is InChI=1S/C33H25NO2/c34-31(32(35)26-19-11-4-12-20-26)29(24-15-7-2-8-16-24)28-22-21-27(23-13-5-1-6-14-23)30(33(28)36)25-17-9-3-10-18-25/h1-22,36H,34H2. The molecule has 5 aromatic carbocycles. The molecule has 0 saturated carbocycles. The zero-order chi connectivity index (χ0) is 24.9. The van der Waals surface area contributed by atoms with E-state index in [9.17, 15) is 9.90 Å². The van der Waals surface area contributed by atoms with Gasteiger partial charge in [-0.2, -0.15) is 0 Å². The predicted octanol–water partition coefficient (Wildman–Crippen LogP) is 7.33. The molecule has 0 atom stereocenters. The topological polar surface area (TPSA) is 63.3 Å². The van der Waals surface area contributed by atoms with Crippen molar-refractivity contribution in [1.29, 1.82) is 0 Å². The maximum Gasteiger partial charge on any atom is 0.209 e. The van der Waals surface area contributed by atoms with E-state index in [4.69, 9.17) is 5.73 Å². The van der Waals surface area contributed by atoms with Crippen LogP contribution >= 0.6 is 0 Å². The Balaban J connectivity index is 1.79. The Labute approximate surface area is 210 Å². The molecule has 0 amide bonds. The lowest BCUT2D eigenvalue weighted by atomic mass is 9.86. The number of rotatable bonds is 6. The lowest BCUT2D eigenvalue weighted by Crippen LogP contribution is -2.15. The highest BCUT2D eigenvalue weighted by Gasteiger charge is 2.23. The predicted molar refractivity (Wildman–Crippen MR) is 146 cm³/mol. The molecule has 0 saturated heterocycles. The molecule has 36 heavy (non-hydrogen) atoms. The third kappa shape index (κ3) is 4.42. The molecular weight excluding hydrogens is 442 g/mol. The van der Waals surface area contributed by atoms with Crippen molar-refractivity contribution in [3.8, 4) is 28.0 Å². The van der Waals surface area contributed by atoms with Crippen molar-refractivity contribution < 1.29 is 9.90 Å². The first-order chi connectivity index (χ1) is 17.6. The number of hydrogen-bond donors (Lipinski definition) is 2. The van der Waals surface area contributed by atoms with Crippen molar-refractivity contribution in [1.82, 2.24) is 0 Å². The fourth-order valence-electron chi connectivity index (χ4n) is 4.47. The van der Waals surface area contributed by atoms with Gasteiger partial charge in [-0.3, -0.25) is 4.79 Å². The molecule has 0 aliphatic rings. The van der Waals surface area contributed by atoms with Crippen LogP contribution in [-0.4, -0.2) is 10.9 Å². The van der Waals surface area contributed by atoms with Gasteiger partial charge in [0, 0.05) is 22.3 Å². The van der Waals surface area contributed by atoms with Gasteiger partial charge in [-0.1, -0.05) is 127 Å². The van der Waals surface area contributed by atoms with Crippen LogP contribution in [0, 0.1) is 0 Å². The summed E-state index contributed by atoms with van der Waals surface area (Å²) in [6.07, 6.45) is 0. The summed E-state index contributed by atoms with van der Waals surface area (Å²) < 4.78 is 0. The van der Waals surface area contributed by atoms with E-state index in [0.717, 1.165) is 22.3 Å². The monoisotopic (exact) mass is 467 g/mol. The summed E-state index contributed by atoms with van der Waals surface area (Å²) in [7, 11) is 0. The summed E-state index contributed by atoms with van der Waals surface area (Å²) in [4.78, 5) is 13.4. The number of carbonyl (C=O) groups excluding carboxylic acids is 1. The summed E-state index contributed by atoms with van der Waals surface area (Å²) >= 11 is 0. The number of nitrogens with two attached hydrogens (primary N) is 1. The van der Waals surface area contributed by atoms with Gasteiger partial charge < -0.3 is 10.8 Å². The van der Waals surface area contributed by atoms with E-state index < -0.39 is 0 Å². The Morgan fingerprint density at radius 3 is 1.58 bits per heavy atom. The SMILES string of the molecule is NC(C(=O)c1ccccc1)=C(c1ccccc1)c1ccc(-c2ccccc2)c(-c2ccccc2)c1O. The zero-order valence-corrected chi connectivity index (χ0v) is 19.6. The number of hydrogen-bond acceptors (Lipinski definition) is 3. The van der Waals surface area contributed by atoms with Gasteiger partial charge in [0.05, 0.1) is 5.70 Å². The minimum Gasteiger partial charge on any atom is -0.507 e. The highest BCUT2D eigenvalue weighted by Crippen LogP contribution is 2.44. The van der Waals surface area contributed by atoms with Crippen LogP contribution in [0.3, 0.4) is 0 Å². The summed E-state index contributed by atoms with van der Waals surface area (Å²) in [5.74, 6) is -0.215. The molecule has 5 aromatic rings. The normalized spacial score (nSPS) is 11.6. The van der Waals surface area contributed by atoms with Gasteiger partial charge in [-0.15, -0.1) is 0 Å². The molecule has 0 aliphatic carbocycles. The molecule has 0 heterocycles. The van der Waals surface area contributed by atoms with Crippen LogP contribution in [0.25, 0.3) is 27.8 Å². The Morgan fingerprint density at radius 2 is 1.03 bits per heavy atom. The van der Waals surface area contributed by atoms with Crippen LogP contribution in [0.15, 0.2) is 139 Å². The summed E-state index contributed by atoms with van der Waals surface area (Å²) in [5.41, 5.74) is 12.3. The van der Waals surface area contributed by atoms with Crippen LogP contribution in [0.5, 0.6) is 5.75 Å². The Hall–Kier alpha value is -4.89. The average molecular weight is 468 g/mol. The molecule has 0 aromatic heterocycles. The molecule has 0 radical (unpaired) electrons. The van der Waals surface area contributed by atoms with E-state index in [1.807, 2.05) is 121 Å². The van der Waals surface area contributed by atoms with E-state index in [0.29, 0.717) is 22.3 Å². The first-order valence-corrected chi connectivity index (χ1v) is 11.8. The van der Waals surface area contributed by atoms with Gasteiger partial charge >= 0.3 is 0 Å². The van der Waals surface area contributed by atoms with Crippen molar-refractivity contribution >= 4 is 11.4 Å². The van der Waals surface area contributed by atoms with Gasteiger partial charge in [0.25, 0.3) is 0 Å². The molecule has 3 nitrogen and oxygen atoms in total. The second-order valence-electron chi connectivity index (χ2n) is 8.47. The summed E-state index contributed by atoms with van der Waals surface area (Å²) in [6, 6.07) is 42.0. The van der Waals surface area contributed by atoms with Gasteiger partial charge in [0.1, 0.15) is 5.75 Å². The van der Waals surface area contributed by atoms with Crippen LogP contribution in [-0.2, 0) is 0 Å². The Kier molecular flexibility index (Phi) is 6.46. The smallest absolute Gasteiger partial charge is 0.209 e. The lowest BCUT2D eigenvalue weighted by Gasteiger charge is -2.19. The molecule has 3 N–H and O–H groups in total. The van der Waals surface area contributed by atoms with Gasteiger partial charge in [0.15, 0.2) is 0 Å². The maximum atomic E-state index is 13.4. The number of benzene rings is 5.